The second kappa shape index (κ2) is 6.64. The molecule has 0 saturated carbocycles. The average molecular weight is 334 g/mol. The summed E-state index contributed by atoms with van der Waals surface area (Å²) in [5, 5.41) is 2.25. The largest absolute Gasteiger partial charge is 0.434 e. The van der Waals surface area contributed by atoms with E-state index < -0.39 is 12.5 Å². The number of nitrogens with one attached hydrogen (secondary N) is 1. The Labute approximate surface area is 127 Å². The number of ether oxygens (including phenoxy) is 1. The lowest BCUT2D eigenvalue weighted by atomic mass is 10.2. The summed E-state index contributed by atoms with van der Waals surface area (Å²) in [6, 6.07) is 5.53. The van der Waals surface area contributed by atoms with E-state index in [4.69, 9.17) is 23.2 Å². The smallest absolute Gasteiger partial charge is 0.387 e. The van der Waals surface area contributed by atoms with E-state index in [9.17, 15) is 13.6 Å². The molecule has 1 N–H and O–H groups in total. The fourth-order valence-corrected chi connectivity index (χ4v) is 1.74. The van der Waals surface area contributed by atoms with Crippen LogP contribution in [0.2, 0.25) is 10.2 Å². The zero-order chi connectivity index (χ0) is 15.4. The van der Waals surface area contributed by atoms with Gasteiger partial charge in [-0.15, -0.1) is 0 Å². The van der Waals surface area contributed by atoms with Crippen LogP contribution in [0.15, 0.2) is 30.6 Å². The molecule has 21 heavy (non-hydrogen) atoms. The number of halogens is 4. The first-order valence-corrected chi connectivity index (χ1v) is 6.26. The maximum atomic E-state index is 12.3. The minimum Gasteiger partial charge on any atom is -0.434 e. The molecule has 0 aliphatic rings. The minimum atomic E-state index is -3.05. The van der Waals surface area contributed by atoms with Crippen molar-refractivity contribution in [1.82, 2.24) is 9.97 Å². The van der Waals surface area contributed by atoms with Crippen LogP contribution in [0, 0.1) is 0 Å². The SMILES string of the molecule is O=C(Nc1ncnc(Cl)c1Cl)c1ccccc1OC(F)F. The standard InChI is InChI=1S/C12H7Cl2F2N3O2/c13-8-9(14)17-5-18-10(8)19-11(20)6-3-1-2-4-7(6)21-12(15)16/h1-5,12H,(H,17,18,19,20). The highest BCUT2D eigenvalue weighted by Gasteiger charge is 2.17. The lowest BCUT2D eigenvalue weighted by Gasteiger charge is -2.11. The summed E-state index contributed by atoms with van der Waals surface area (Å²) in [6.45, 7) is -3.05. The van der Waals surface area contributed by atoms with E-state index in [1.54, 1.807) is 0 Å². The van der Waals surface area contributed by atoms with Crippen molar-refractivity contribution in [3.63, 3.8) is 0 Å². The fourth-order valence-electron chi connectivity index (χ4n) is 1.46. The zero-order valence-corrected chi connectivity index (χ0v) is 11.7. The van der Waals surface area contributed by atoms with Gasteiger partial charge in [-0.3, -0.25) is 4.79 Å². The molecule has 0 aliphatic carbocycles. The molecule has 0 saturated heterocycles. The van der Waals surface area contributed by atoms with Crippen molar-refractivity contribution in [2.75, 3.05) is 5.32 Å². The van der Waals surface area contributed by atoms with Gasteiger partial charge < -0.3 is 10.1 Å². The first-order valence-electron chi connectivity index (χ1n) is 5.50. The van der Waals surface area contributed by atoms with Crippen molar-refractivity contribution in [3.8, 4) is 5.75 Å². The Morgan fingerprint density at radius 3 is 2.67 bits per heavy atom. The molecular formula is C12H7Cl2F2N3O2. The summed E-state index contributed by atoms with van der Waals surface area (Å²) in [6.07, 6.45) is 1.10. The van der Waals surface area contributed by atoms with Crippen molar-refractivity contribution >= 4 is 34.9 Å². The molecule has 2 rings (SSSR count). The number of alkyl halides is 2. The Morgan fingerprint density at radius 2 is 1.95 bits per heavy atom. The number of hydrogen-bond donors (Lipinski definition) is 1. The molecular weight excluding hydrogens is 327 g/mol. The summed E-state index contributed by atoms with van der Waals surface area (Å²) in [4.78, 5) is 19.5. The van der Waals surface area contributed by atoms with Gasteiger partial charge in [-0.2, -0.15) is 8.78 Å². The van der Waals surface area contributed by atoms with Crippen LogP contribution in [0.3, 0.4) is 0 Å². The molecule has 1 aromatic carbocycles. The number of aromatic nitrogens is 2. The van der Waals surface area contributed by atoms with Gasteiger partial charge >= 0.3 is 6.61 Å². The highest BCUT2D eigenvalue weighted by molar-refractivity contribution is 6.43. The number of carbonyl (C=O) groups is 1. The Balaban J connectivity index is 2.27. The minimum absolute atomic E-state index is 0.0338. The number of carbonyl (C=O) groups excluding carboxylic acids is 1. The van der Waals surface area contributed by atoms with E-state index in [0.29, 0.717) is 0 Å². The zero-order valence-electron chi connectivity index (χ0n) is 10.2. The van der Waals surface area contributed by atoms with E-state index in [1.807, 2.05) is 0 Å². The van der Waals surface area contributed by atoms with E-state index in [1.165, 1.54) is 24.3 Å². The van der Waals surface area contributed by atoms with E-state index >= 15 is 0 Å². The predicted octanol–water partition coefficient (Wildman–Crippen LogP) is 3.64. The monoisotopic (exact) mass is 333 g/mol. The van der Waals surface area contributed by atoms with Crippen LogP contribution in [0.1, 0.15) is 10.4 Å². The number of amides is 1. The van der Waals surface area contributed by atoms with Gasteiger partial charge in [-0.1, -0.05) is 35.3 Å². The second-order valence-electron chi connectivity index (χ2n) is 3.66. The molecule has 9 heteroatoms. The number of benzene rings is 1. The normalized spacial score (nSPS) is 10.5. The van der Waals surface area contributed by atoms with Crippen molar-refractivity contribution in [2.24, 2.45) is 0 Å². The van der Waals surface area contributed by atoms with Crippen LogP contribution in [0.25, 0.3) is 0 Å². The van der Waals surface area contributed by atoms with Crippen molar-refractivity contribution in [1.29, 1.82) is 0 Å². The summed E-state index contributed by atoms with van der Waals surface area (Å²) < 4.78 is 28.9. The van der Waals surface area contributed by atoms with E-state index in [0.717, 1.165) is 6.33 Å². The number of para-hydroxylation sites is 1. The second-order valence-corrected chi connectivity index (χ2v) is 4.39. The number of rotatable bonds is 4. The molecule has 0 aliphatic heterocycles. The van der Waals surface area contributed by atoms with Crippen LogP contribution in [-0.2, 0) is 0 Å². The van der Waals surface area contributed by atoms with Crippen LogP contribution in [-0.4, -0.2) is 22.5 Å². The molecule has 2 aromatic rings. The topological polar surface area (TPSA) is 64.1 Å². The summed E-state index contributed by atoms with van der Waals surface area (Å²) in [5.41, 5.74) is -0.0939. The third-order valence-electron chi connectivity index (χ3n) is 2.33. The molecule has 0 unspecified atom stereocenters. The van der Waals surface area contributed by atoms with Crippen LogP contribution in [0.5, 0.6) is 5.75 Å². The molecule has 5 nitrogen and oxygen atoms in total. The van der Waals surface area contributed by atoms with Crippen molar-refractivity contribution in [3.05, 3.63) is 46.3 Å². The summed E-state index contributed by atoms with van der Waals surface area (Å²) in [5.74, 6) is -1.02. The van der Waals surface area contributed by atoms with Gasteiger partial charge in [0.25, 0.3) is 5.91 Å². The Bertz CT molecular complexity index is 671. The molecule has 1 heterocycles. The van der Waals surface area contributed by atoms with Gasteiger partial charge in [0.05, 0.1) is 5.56 Å². The number of nitrogens with zero attached hydrogens (tertiary/aromatic N) is 2. The summed E-state index contributed by atoms with van der Waals surface area (Å²) in [7, 11) is 0. The fraction of sp³-hybridized carbons (Fsp3) is 0.0833. The quantitative estimate of drug-likeness (QED) is 0.867. The van der Waals surface area contributed by atoms with Crippen LogP contribution < -0.4 is 10.1 Å². The molecule has 110 valence electrons. The molecule has 1 amide bonds. The maximum absolute atomic E-state index is 12.3. The lowest BCUT2D eigenvalue weighted by Crippen LogP contribution is -2.16. The maximum Gasteiger partial charge on any atom is 0.387 e. The first-order chi connectivity index (χ1) is 9.99. The Kier molecular flexibility index (Phi) is 4.87. The van der Waals surface area contributed by atoms with Gasteiger partial charge in [-0.25, -0.2) is 9.97 Å². The third kappa shape index (κ3) is 3.77. The molecule has 0 fully saturated rings. The molecule has 0 radical (unpaired) electrons. The van der Waals surface area contributed by atoms with Gasteiger partial charge in [0, 0.05) is 0 Å². The predicted molar refractivity (Wildman–Crippen MR) is 73.1 cm³/mol. The van der Waals surface area contributed by atoms with Crippen molar-refractivity contribution in [2.45, 2.75) is 6.61 Å². The van der Waals surface area contributed by atoms with Gasteiger partial charge in [0.15, 0.2) is 11.0 Å². The summed E-state index contributed by atoms with van der Waals surface area (Å²) >= 11 is 11.5. The average Bonchev–Trinajstić information content (AvgIpc) is 2.44. The number of hydrogen-bond acceptors (Lipinski definition) is 4. The van der Waals surface area contributed by atoms with E-state index in [2.05, 4.69) is 20.0 Å². The molecule has 1 aromatic heterocycles. The molecule has 0 atom stereocenters. The van der Waals surface area contributed by atoms with Crippen LogP contribution >= 0.6 is 23.2 Å². The third-order valence-corrected chi connectivity index (χ3v) is 3.07. The van der Waals surface area contributed by atoms with Crippen molar-refractivity contribution < 1.29 is 18.3 Å². The van der Waals surface area contributed by atoms with Gasteiger partial charge in [0.1, 0.15) is 17.1 Å². The first kappa shape index (κ1) is 15.4. The Hall–Kier alpha value is -1.99. The van der Waals surface area contributed by atoms with Gasteiger partial charge in [-0.05, 0) is 12.1 Å². The Morgan fingerprint density at radius 1 is 1.24 bits per heavy atom. The highest BCUT2D eigenvalue weighted by Crippen LogP contribution is 2.27. The van der Waals surface area contributed by atoms with Gasteiger partial charge in [0.2, 0.25) is 0 Å². The molecule has 0 bridgehead atoms. The highest BCUT2D eigenvalue weighted by atomic mass is 35.5. The number of anilines is 1. The molecule has 0 spiro atoms. The lowest BCUT2D eigenvalue weighted by molar-refractivity contribution is -0.0501. The van der Waals surface area contributed by atoms with E-state index in [-0.39, 0.29) is 27.3 Å². The van der Waals surface area contributed by atoms with Crippen LogP contribution in [0.4, 0.5) is 14.6 Å².